The monoisotopic (exact) mass is 236 g/mol. The quantitative estimate of drug-likeness (QED) is 0.292. The summed E-state index contributed by atoms with van der Waals surface area (Å²) in [5.74, 6) is 0.721. The maximum absolute atomic E-state index is 2.31. The van der Waals surface area contributed by atoms with Gasteiger partial charge in [0.05, 0.1) is 0 Å². The first-order chi connectivity index (χ1) is 8.31. The van der Waals surface area contributed by atoms with Crippen LogP contribution in [0, 0.1) is 5.92 Å². The molecule has 0 aliphatic heterocycles. The zero-order valence-corrected chi connectivity index (χ0v) is 12.3. The molecule has 0 fully saturated rings. The van der Waals surface area contributed by atoms with Crippen LogP contribution < -0.4 is 0 Å². The molecule has 1 atom stereocenters. The molecule has 1 unspecified atom stereocenters. The Kier molecular flexibility index (Phi) is 13.1. The Hall–Kier alpha value is -0.520. The topological polar surface area (TPSA) is 0 Å². The third kappa shape index (κ3) is 13.4. The van der Waals surface area contributed by atoms with E-state index in [0.29, 0.717) is 0 Å². The molecular weight excluding hydrogens is 204 g/mol. The largest absolute Gasteiger partial charge is 0.0845 e. The molecule has 0 heteroatoms. The van der Waals surface area contributed by atoms with Crippen LogP contribution in [0.2, 0.25) is 0 Å². The van der Waals surface area contributed by atoms with Crippen molar-refractivity contribution in [2.24, 2.45) is 5.92 Å². The molecule has 0 rings (SSSR count). The summed E-state index contributed by atoms with van der Waals surface area (Å²) in [6.07, 6.45) is 21.3. The highest BCUT2D eigenvalue weighted by molar-refractivity contribution is 5.03. The second-order valence-electron chi connectivity index (χ2n) is 5.11. The summed E-state index contributed by atoms with van der Waals surface area (Å²) in [5, 5.41) is 0. The Labute approximate surface area is 109 Å². The van der Waals surface area contributed by atoms with Crippen LogP contribution in [0.1, 0.15) is 78.6 Å². The van der Waals surface area contributed by atoms with E-state index in [1.54, 1.807) is 0 Å². The van der Waals surface area contributed by atoms with E-state index in [9.17, 15) is 0 Å². The van der Waals surface area contributed by atoms with Crippen molar-refractivity contribution in [3.8, 4) is 0 Å². The van der Waals surface area contributed by atoms with Crippen molar-refractivity contribution in [3.05, 3.63) is 24.3 Å². The predicted octanol–water partition coefficient (Wildman–Crippen LogP) is 6.29. The molecule has 0 amide bonds. The fourth-order valence-corrected chi connectivity index (χ4v) is 1.78. The van der Waals surface area contributed by atoms with Gasteiger partial charge in [-0.05, 0) is 18.8 Å². The van der Waals surface area contributed by atoms with Crippen LogP contribution in [-0.2, 0) is 0 Å². The summed E-state index contributed by atoms with van der Waals surface area (Å²) < 4.78 is 0. The minimum Gasteiger partial charge on any atom is -0.0845 e. The van der Waals surface area contributed by atoms with E-state index in [1.807, 2.05) is 0 Å². The molecule has 100 valence electrons. The first-order valence-corrected chi connectivity index (χ1v) is 7.64. The Morgan fingerprint density at radius 3 is 2.12 bits per heavy atom. The molecule has 0 saturated carbocycles. The molecule has 0 bridgehead atoms. The van der Waals surface area contributed by atoms with Gasteiger partial charge in [0.25, 0.3) is 0 Å². The Bertz CT molecular complexity index is 188. The zero-order chi connectivity index (χ0) is 12.8. The SMILES string of the molecule is CCCCCCCCC/C=C\C=C/C(C)CC. The van der Waals surface area contributed by atoms with Gasteiger partial charge in [0.1, 0.15) is 0 Å². The summed E-state index contributed by atoms with van der Waals surface area (Å²) in [7, 11) is 0. The van der Waals surface area contributed by atoms with Crippen molar-refractivity contribution in [2.75, 3.05) is 0 Å². The fourth-order valence-electron chi connectivity index (χ4n) is 1.78. The lowest BCUT2D eigenvalue weighted by Crippen LogP contribution is -1.82. The third-order valence-corrected chi connectivity index (χ3v) is 3.31. The minimum absolute atomic E-state index is 0.721. The van der Waals surface area contributed by atoms with Crippen molar-refractivity contribution in [1.29, 1.82) is 0 Å². The first-order valence-electron chi connectivity index (χ1n) is 7.64. The van der Waals surface area contributed by atoms with Gasteiger partial charge in [0, 0.05) is 0 Å². The van der Waals surface area contributed by atoms with E-state index in [1.165, 1.54) is 57.8 Å². The zero-order valence-electron chi connectivity index (χ0n) is 12.3. The van der Waals surface area contributed by atoms with Crippen molar-refractivity contribution in [2.45, 2.75) is 78.6 Å². The first kappa shape index (κ1) is 16.5. The van der Waals surface area contributed by atoms with Crippen LogP contribution in [0.3, 0.4) is 0 Å². The highest BCUT2D eigenvalue weighted by atomic mass is 14.0. The summed E-state index contributed by atoms with van der Waals surface area (Å²) in [6, 6.07) is 0. The molecule has 0 aromatic rings. The number of rotatable bonds is 11. The van der Waals surface area contributed by atoms with Gasteiger partial charge in [0.2, 0.25) is 0 Å². The molecule has 0 radical (unpaired) electrons. The normalized spacial score (nSPS) is 13.8. The molecule has 0 aliphatic carbocycles. The number of hydrogen-bond donors (Lipinski definition) is 0. The Morgan fingerprint density at radius 2 is 1.47 bits per heavy atom. The summed E-state index contributed by atoms with van der Waals surface area (Å²) >= 11 is 0. The van der Waals surface area contributed by atoms with Crippen LogP contribution >= 0.6 is 0 Å². The fraction of sp³-hybridized carbons (Fsp3) is 0.765. The van der Waals surface area contributed by atoms with Gasteiger partial charge in [-0.3, -0.25) is 0 Å². The lowest BCUT2D eigenvalue weighted by Gasteiger charge is -1.98. The molecule has 17 heavy (non-hydrogen) atoms. The average molecular weight is 236 g/mol. The van der Waals surface area contributed by atoms with Gasteiger partial charge in [-0.25, -0.2) is 0 Å². The molecule has 0 saturated heterocycles. The minimum atomic E-state index is 0.721. The number of unbranched alkanes of at least 4 members (excludes halogenated alkanes) is 7. The van der Waals surface area contributed by atoms with Gasteiger partial charge < -0.3 is 0 Å². The second kappa shape index (κ2) is 13.5. The Morgan fingerprint density at radius 1 is 0.824 bits per heavy atom. The summed E-state index contributed by atoms with van der Waals surface area (Å²) in [4.78, 5) is 0. The smallest absolute Gasteiger partial charge is 0.0261 e. The van der Waals surface area contributed by atoms with Gasteiger partial charge in [-0.1, -0.05) is 90.0 Å². The van der Waals surface area contributed by atoms with Crippen LogP contribution in [0.15, 0.2) is 24.3 Å². The van der Waals surface area contributed by atoms with Crippen molar-refractivity contribution < 1.29 is 0 Å². The van der Waals surface area contributed by atoms with Crippen LogP contribution in [0.4, 0.5) is 0 Å². The van der Waals surface area contributed by atoms with Crippen LogP contribution in [-0.4, -0.2) is 0 Å². The molecular formula is C17H32. The van der Waals surface area contributed by atoms with E-state index < -0.39 is 0 Å². The molecule has 0 spiro atoms. The van der Waals surface area contributed by atoms with Crippen molar-refractivity contribution in [3.63, 3.8) is 0 Å². The molecule has 0 nitrogen and oxygen atoms in total. The highest BCUT2D eigenvalue weighted by Gasteiger charge is 1.89. The van der Waals surface area contributed by atoms with E-state index in [0.717, 1.165) is 5.92 Å². The van der Waals surface area contributed by atoms with E-state index in [2.05, 4.69) is 45.1 Å². The number of hydrogen-bond acceptors (Lipinski definition) is 0. The summed E-state index contributed by atoms with van der Waals surface area (Å²) in [5.41, 5.74) is 0. The van der Waals surface area contributed by atoms with E-state index >= 15 is 0 Å². The second-order valence-corrected chi connectivity index (χ2v) is 5.11. The van der Waals surface area contributed by atoms with Crippen LogP contribution in [0.25, 0.3) is 0 Å². The maximum Gasteiger partial charge on any atom is -0.0261 e. The molecule has 0 N–H and O–H groups in total. The lowest BCUT2D eigenvalue weighted by atomic mass is 10.1. The van der Waals surface area contributed by atoms with Gasteiger partial charge >= 0.3 is 0 Å². The molecule has 0 aromatic heterocycles. The molecule has 0 aromatic carbocycles. The Balaban J connectivity index is 3.22. The standard InChI is InChI=1S/C17H32/c1-4-6-7-8-9-10-11-12-13-14-15-16-17(3)5-2/h13-17H,4-12H2,1-3H3/b14-13-,16-15-. The third-order valence-electron chi connectivity index (χ3n) is 3.31. The summed E-state index contributed by atoms with van der Waals surface area (Å²) in [6.45, 7) is 6.77. The van der Waals surface area contributed by atoms with E-state index in [4.69, 9.17) is 0 Å². The van der Waals surface area contributed by atoms with Crippen molar-refractivity contribution in [1.82, 2.24) is 0 Å². The van der Waals surface area contributed by atoms with Gasteiger partial charge in [0.15, 0.2) is 0 Å². The maximum atomic E-state index is 2.31. The van der Waals surface area contributed by atoms with Gasteiger partial charge in [-0.15, -0.1) is 0 Å². The lowest BCUT2D eigenvalue weighted by molar-refractivity contribution is 0.592. The van der Waals surface area contributed by atoms with E-state index in [-0.39, 0.29) is 0 Å². The highest BCUT2D eigenvalue weighted by Crippen LogP contribution is 2.08. The predicted molar refractivity (Wildman–Crippen MR) is 80.3 cm³/mol. The van der Waals surface area contributed by atoms with Gasteiger partial charge in [-0.2, -0.15) is 0 Å². The van der Waals surface area contributed by atoms with Crippen LogP contribution in [0.5, 0.6) is 0 Å². The molecule has 0 aliphatic rings. The number of allylic oxidation sites excluding steroid dienone is 4. The average Bonchev–Trinajstić information content (AvgIpc) is 2.35. The molecule has 0 heterocycles. The van der Waals surface area contributed by atoms with Crippen molar-refractivity contribution >= 4 is 0 Å².